The maximum absolute atomic E-state index is 12.4. The summed E-state index contributed by atoms with van der Waals surface area (Å²) in [5.41, 5.74) is 0.917. The van der Waals surface area contributed by atoms with Gasteiger partial charge in [0.25, 0.3) is 5.91 Å². The number of aliphatic hydroxyl groups is 1. The molecule has 0 radical (unpaired) electrons. The van der Waals surface area contributed by atoms with Gasteiger partial charge in [0.1, 0.15) is 11.5 Å². The van der Waals surface area contributed by atoms with Crippen molar-refractivity contribution in [3.63, 3.8) is 0 Å². The topological polar surface area (TPSA) is 118 Å². The summed E-state index contributed by atoms with van der Waals surface area (Å²) < 4.78 is 10.4. The minimum Gasteiger partial charge on any atom is -0.508 e. The monoisotopic (exact) mass is 355 g/mol. The zero-order valence-electron chi connectivity index (χ0n) is 14.1. The SMILES string of the molecule is COc1ccc(NC(=O)c2nc(C(O)c3cccc(O)c3)oc2C)cn1. The number of aromatic nitrogens is 2. The van der Waals surface area contributed by atoms with Crippen molar-refractivity contribution in [2.75, 3.05) is 12.4 Å². The van der Waals surface area contributed by atoms with Gasteiger partial charge in [-0.2, -0.15) is 0 Å². The van der Waals surface area contributed by atoms with Crippen LogP contribution in [-0.2, 0) is 0 Å². The molecule has 2 heterocycles. The van der Waals surface area contributed by atoms with Gasteiger partial charge in [0.05, 0.1) is 19.0 Å². The number of methoxy groups -OCH3 is 1. The van der Waals surface area contributed by atoms with Crippen LogP contribution in [0.1, 0.15) is 33.8 Å². The quantitative estimate of drug-likeness (QED) is 0.643. The van der Waals surface area contributed by atoms with Gasteiger partial charge in [0, 0.05) is 6.07 Å². The van der Waals surface area contributed by atoms with Crippen molar-refractivity contribution < 1.29 is 24.2 Å². The molecular weight excluding hydrogens is 338 g/mol. The van der Waals surface area contributed by atoms with Gasteiger partial charge in [-0.15, -0.1) is 0 Å². The van der Waals surface area contributed by atoms with Crippen LogP contribution in [0.3, 0.4) is 0 Å². The lowest BCUT2D eigenvalue weighted by Crippen LogP contribution is -2.14. The predicted octanol–water partition coefficient (Wildman–Crippen LogP) is 2.43. The summed E-state index contributed by atoms with van der Waals surface area (Å²) >= 11 is 0. The Morgan fingerprint density at radius 2 is 2.12 bits per heavy atom. The molecule has 3 aromatic rings. The molecule has 1 unspecified atom stereocenters. The summed E-state index contributed by atoms with van der Waals surface area (Å²) in [6.45, 7) is 1.58. The van der Waals surface area contributed by atoms with Crippen molar-refractivity contribution in [3.05, 3.63) is 65.5 Å². The molecule has 0 aliphatic heterocycles. The molecule has 0 aliphatic rings. The summed E-state index contributed by atoms with van der Waals surface area (Å²) in [5, 5.41) is 22.5. The Morgan fingerprint density at radius 3 is 2.77 bits per heavy atom. The van der Waals surface area contributed by atoms with Gasteiger partial charge in [0.2, 0.25) is 11.8 Å². The number of carbonyl (C=O) groups is 1. The number of carbonyl (C=O) groups excluding carboxylic acids is 1. The number of rotatable bonds is 5. The Bertz CT molecular complexity index is 921. The number of pyridine rings is 1. The third kappa shape index (κ3) is 3.65. The van der Waals surface area contributed by atoms with E-state index in [9.17, 15) is 15.0 Å². The van der Waals surface area contributed by atoms with Crippen LogP contribution < -0.4 is 10.1 Å². The molecular formula is C18H17N3O5. The van der Waals surface area contributed by atoms with E-state index in [1.165, 1.54) is 25.4 Å². The second-order valence-electron chi connectivity index (χ2n) is 5.50. The molecule has 0 spiro atoms. The fourth-order valence-corrected chi connectivity index (χ4v) is 2.35. The number of benzene rings is 1. The summed E-state index contributed by atoms with van der Waals surface area (Å²) in [6, 6.07) is 9.34. The van der Waals surface area contributed by atoms with E-state index >= 15 is 0 Å². The summed E-state index contributed by atoms with van der Waals surface area (Å²) in [6.07, 6.45) is 0.249. The molecule has 1 atom stereocenters. The Morgan fingerprint density at radius 1 is 1.31 bits per heavy atom. The predicted molar refractivity (Wildman–Crippen MR) is 92.2 cm³/mol. The molecule has 3 N–H and O–H groups in total. The number of ether oxygens (including phenoxy) is 1. The summed E-state index contributed by atoms with van der Waals surface area (Å²) in [4.78, 5) is 20.5. The smallest absolute Gasteiger partial charge is 0.277 e. The number of amides is 1. The fourth-order valence-electron chi connectivity index (χ4n) is 2.35. The van der Waals surface area contributed by atoms with Gasteiger partial charge in [-0.3, -0.25) is 4.79 Å². The fraction of sp³-hybridized carbons (Fsp3) is 0.167. The number of aromatic hydroxyl groups is 1. The van der Waals surface area contributed by atoms with Gasteiger partial charge in [-0.1, -0.05) is 12.1 Å². The lowest BCUT2D eigenvalue weighted by Gasteiger charge is -2.06. The van der Waals surface area contributed by atoms with E-state index in [0.717, 1.165) is 0 Å². The first-order valence-electron chi connectivity index (χ1n) is 7.73. The Kier molecular flexibility index (Phi) is 4.85. The molecule has 0 aliphatic carbocycles. The first-order valence-corrected chi connectivity index (χ1v) is 7.73. The molecule has 26 heavy (non-hydrogen) atoms. The van der Waals surface area contributed by atoms with E-state index in [2.05, 4.69) is 15.3 Å². The second-order valence-corrected chi connectivity index (χ2v) is 5.50. The Hall–Kier alpha value is -3.39. The van der Waals surface area contributed by atoms with Crippen LogP contribution in [-0.4, -0.2) is 33.2 Å². The Balaban J connectivity index is 1.79. The molecule has 0 bridgehead atoms. The van der Waals surface area contributed by atoms with E-state index in [1.54, 1.807) is 31.2 Å². The molecule has 8 heteroatoms. The van der Waals surface area contributed by atoms with E-state index in [-0.39, 0.29) is 23.1 Å². The normalized spacial score (nSPS) is 11.8. The van der Waals surface area contributed by atoms with E-state index in [1.807, 2.05) is 0 Å². The highest BCUT2D eigenvalue weighted by Gasteiger charge is 2.23. The average Bonchev–Trinajstić information content (AvgIpc) is 3.03. The number of hydrogen-bond acceptors (Lipinski definition) is 7. The third-order valence-corrected chi connectivity index (χ3v) is 3.65. The van der Waals surface area contributed by atoms with Crippen molar-refractivity contribution in [2.24, 2.45) is 0 Å². The molecule has 0 saturated heterocycles. The van der Waals surface area contributed by atoms with Gasteiger partial charge >= 0.3 is 0 Å². The van der Waals surface area contributed by atoms with E-state index in [0.29, 0.717) is 17.1 Å². The van der Waals surface area contributed by atoms with Gasteiger partial charge in [-0.25, -0.2) is 9.97 Å². The lowest BCUT2D eigenvalue weighted by atomic mass is 10.1. The van der Waals surface area contributed by atoms with Crippen LogP contribution in [0.5, 0.6) is 11.6 Å². The number of phenols is 1. The van der Waals surface area contributed by atoms with Crippen molar-refractivity contribution in [1.29, 1.82) is 0 Å². The van der Waals surface area contributed by atoms with Crippen molar-refractivity contribution in [1.82, 2.24) is 9.97 Å². The van der Waals surface area contributed by atoms with Crippen LogP contribution >= 0.6 is 0 Å². The minimum atomic E-state index is -1.20. The summed E-state index contributed by atoms with van der Waals surface area (Å²) in [7, 11) is 1.50. The highest BCUT2D eigenvalue weighted by atomic mass is 16.5. The number of nitrogens with zero attached hydrogens (tertiary/aromatic N) is 2. The van der Waals surface area contributed by atoms with Crippen LogP contribution in [0.2, 0.25) is 0 Å². The average molecular weight is 355 g/mol. The molecule has 1 amide bonds. The number of aryl methyl sites for hydroxylation is 1. The number of oxazole rings is 1. The second kappa shape index (κ2) is 7.24. The molecule has 8 nitrogen and oxygen atoms in total. The van der Waals surface area contributed by atoms with Crippen LogP contribution in [0.25, 0.3) is 0 Å². The first-order chi connectivity index (χ1) is 12.5. The number of nitrogens with one attached hydrogen (secondary N) is 1. The molecule has 3 rings (SSSR count). The van der Waals surface area contributed by atoms with Crippen LogP contribution in [0.15, 0.2) is 47.0 Å². The van der Waals surface area contributed by atoms with Crippen molar-refractivity contribution >= 4 is 11.6 Å². The molecule has 134 valence electrons. The third-order valence-electron chi connectivity index (χ3n) is 3.65. The van der Waals surface area contributed by atoms with Crippen LogP contribution in [0, 0.1) is 6.92 Å². The lowest BCUT2D eigenvalue weighted by molar-refractivity contribution is 0.102. The standard InChI is InChI=1S/C18H17N3O5/c1-10-15(17(24)20-12-6-7-14(25-2)19-9-12)21-18(26-10)16(23)11-4-3-5-13(22)8-11/h3-9,16,22-23H,1-2H3,(H,20,24). The first kappa shape index (κ1) is 17.4. The van der Waals surface area contributed by atoms with Gasteiger partial charge in [-0.05, 0) is 30.7 Å². The number of phenolic OH excluding ortho intramolecular Hbond substituents is 1. The Labute approximate surface area is 149 Å². The van der Waals surface area contributed by atoms with Crippen molar-refractivity contribution in [3.8, 4) is 11.6 Å². The zero-order chi connectivity index (χ0) is 18.7. The zero-order valence-corrected chi connectivity index (χ0v) is 14.1. The highest BCUT2D eigenvalue weighted by Crippen LogP contribution is 2.26. The minimum absolute atomic E-state index is 0.00907. The number of anilines is 1. The maximum atomic E-state index is 12.4. The highest BCUT2D eigenvalue weighted by molar-refractivity contribution is 6.03. The van der Waals surface area contributed by atoms with E-state index < -0.39 is 12.0 Å². The molecule has 0 fully saturated rings. The number of hydrogen-bond donors (Lipinski definition) is 3. The summed E-state index contributed by atoms with van der Waals surface area (Å²) in [5.74, 6) is 0.170. The van der Waals surface area contributed by atoms with Gasteiger partial charge in [0.15, 0.2) is 11.8 Å². The largest absolute Gasteiger partial charge is 0.508 e. The molecule has 1 aromatic carbocycles. The van der Waals surface area contributed by atoms with E-state index in [4.69, 9.17) is 9.15 Å². The van der Waals surface area contributed by atoms with Gasteiger partial charge < -0.3 is 24.7 Å². The van der Waals surface area contributed by atoms with Crippen LogP contribution in [0.4, 0.5) is 5.69 Å². The van der Waals surface area contributed by atoms with Crippen molar-refractivity contribution in [2.45, 2.75) is 13.0 Å². The molecule has 2 aromatic heterocycles. The molecule has 0 saturated carbocycles. The number of aliphatic hydroxyl groups excluding tert-OH is 1. The maximum Gasteiger partial charge on any atom is 0.277 e.